The van der Waals surface area contributed by atoms with Crippen LogP contribution in [-0.2, 0) is 10.0 Å². The molecule has 0 saturated carbocycles. The minimum atomic E-state index is -3.95. The summed E-state index contributed by atoms with van der Waals surface area (Å²) < 4.78 is 40.5. The molecule has 1 fully saturated rings. The maximum absolute atomic E-state index is 13.8. The lowest BCUT2D eigenvalue weighted by Gasteiger charge is -2.13. The van der Waals surface area contributed by atoms with E-state index in [1.807, 2.05) is 7.05 Å². The molecule has 1 atom stereocenters. The quantitative estimate of drug-likeness (QED) is 0.819. The number of rotatable bonds is 4. The second kappa shape index (κ2) is 5.85. The maximum Gasteiger partial charge on any atom is 0.243 e. The van der Waals surface area contributed by atoms with Crippen molar-refractivity contribution < 1.29 is 12.8 Å². The molecule has 0 amide bonds. The zero-order chi connectivity index (χ0) is 14.9. The largest absolute Gasteiger partial charge is 0.396 e. The molecule has 20 heavy (non-hydrogen) atoms. The molecular formula is C12H17ClFN3O2S. The van der Waals surface area contributed by atoms with Gasteiger partial charge in [-0.1, -0.05) is 11.6 Å². The van der Waals surface area contributed by atoms with E-state index in [-0.39, 0.29) is 23.2 Å². The first-order valence-corrected chi connectivity index (χ1v) is 8.08. The standard InChI is InChI=1S/C12H17ClFN3O2S/c1-17-3-2-8(7-17)6-16-20(18,19)11-5-9(13)4-10(15)12(11)14/h4-5,8,16H,2-3,6-7,15H2,1H3. The molecule has 3 N–H and O–H groups in total. The average molecular weight is 322 g/mol. The van der Waals surface area contributed by atoms with Gasteiger partial charge in [-0.3, -0.25) is 0 Å². The summed E-state index contributed by atoms with van der Waals surface area (Å²) >= 11 is 5.73. The van der Waals surface area contributed by atoms with E-state index in [2.05, 4.69) is 9.62 Å². The molecular weight excluding hydrogens is 305 g/mol. The molecule has 1 saturated heterocycles. The number of hydrogen-bond donors (Lipinski definition) is 2. The fourth-order valence-electron chi connectivity index (χ4n) is 2.28. The number of halogens is 2. The van der Waals surface area contributed by atoms with Crippen LogP contribution >= 0.6 is 11.6 Å². The van der Waals surface area contributed by atoms with E-state index in [0.717, 1.165) is 25.6 Å². The van der Waals surface area contributed by atoms with E-state index >= 15 is 0 Å². The number of anilines is 1. The Morgan fingerprint density at radius 1 is 1.55 bits per heavy atom. The second-order valence-corrected chi connectivity index (χ2v) is 7.25. The van der Waals surface area contributed by atoms with Gasteiger partial charge in [0.15, 0.2) is 5.82 Å². The van der Waals surface area contributed by atoms with Crippen LogP contribution in [0.15, 0.2) is 17.0 Å². The minimum absolute atomic E-state index is 0.0878. The molecule has 5 nitrogen and oxygen atoms in total. The summed E-state index contributed by atoms with van der Waals surface area (Å²) in [5.74, 6) is -0.736. The lowest BCUT2D eigenvalue weighted by molar-refractivity contribution is 0.394. The highest BCUT2D eigenvalue weighted by atomic mass is 35.5. The Kier molecular flexibility index (Phi) is 4.53. The summed E-state index contributed by atoms with van der Waals surface area (Å²) in [6, 6.07) is 2.25. The Morgan fingerprint density at radius 3 is 2.85 bits per heavy atom. The van der Waals surface area contributed by atoms with E-state index in [1.165, 1.54) is 6.07 Å². The smallest absolute Gasteiger partial charge is 0.243 e. The molecule has 1 unspecified atom stereocenters. The van der Waals surface area contributed by atoms with Crippen LogP contribution in [0.25, 0.3) is 0 Å². The third-order valence-corrected chi connectivity index (χ3v) is 5.01. The lowest BCUT2D eigenvalue weighted by atomic mass is 10.1. The van der Waals surface area contributed by atoms with E-state index in [4.69, 9.17) is 17.3 Å². The van der Waals surface area contributed by atoms with Gasteiger partial charge in [-0.15, -0.1) is 0 Å². The Labute approximate surface area is 122 Å². The maximum atomic E-state index is 13.8. The first-order chi connectivity index (χ1) is 9.29. The van der Waals surface area contributed by atoms with Crippen molar-refractivity contribution in [3.05, 3.63) is 23.0 Å². The van der Waals surface area contributed by atoms with Crippen molar-refractivity contribution >= 4 is 27.3 Å². The van der Waals surface area contributed by atoms with Crippen molar-refractivity contribution in [2.75, 3.05) is 32.4 Å². The molecule has 112 valence electrons. The summed E-state index contributed by atoms with van der Waals surface area (Å²) in [5.41, 5.74) is 5.12. The minimum Gasteiger partial charge on any atom is -0.396 e. The lowest BCUT2D eigenvalue weighted by Crippen LogP contribution is -2.31. The van der Waals surface area contributed by atoms with Gasteiger partial charge in [0.05, 0.1) is 5.69 Å². The van der Waals surface area contributed by atoms with E-state index in [0.29, 0.717) is 0 Å². The predicted molar refractivity (Wildman–Crippen MR) is 76.6 cm³/mol. The summed E-state index contributed by atoms with van der Waals surface area (Å²) in [7, 11) is -1.97. The summed E-state index contributed by atoms with van der Waals surface area (Å²) in [6.45, 7) is 2.03. The molecule has 0 radical (unpaired) electrons. The number of nitrogens with two attached hydrogens (primary N) is 1. The summed E-state index contributed by atoms with van der Waals surface area (Å²) in [5, 5.41) is 0.0878. The number of hydrogen-bond acceptors (Lipinski definition) is 4. The third kappa shape index (κ3) is 3.41. The van der Waals surface area contributed by atoms with Crippen LogP contribution in [0.3, 0.4) is 0 Å². The van der Waals surface area contributed by atoms with Crippen LogP contribution in [0.4, 0.5) is 10.1 Å². The van der Waals surface area contributed by atoms with E-state index in [1.54, 1.807) is 0 Å². The highest BCUT2D eigenvalue weighted by Crippen LogP contribution is 2.25. The Hall–Kier alpha value is -0.890. The molecule has 1 aromatic carbocycles. The van der Waals surface area contributed by atoms with Gasteiger partial charge in [0.2, 0.25) is 10.0 Å². The van der Waals surface area contributed by atoms with Gasteiger partial charge < -0.3 is 10.6 Å². The third-order valence-electron chi connectivity index (χ3n) is 3.37. The molecule has 1 aromatic rings. The predicted octanol–water partition coefficient (Wildman–Crippen LogP) is 1.29. The highest BCUT2D eigenvalue weighted by molar-refractivity contribution is 7.89. The van der Waals surface area contributed by atoms with Crippen molar-refractivity contribution in [1.82, 2.24) is 9.62 Å². The highest BCUT2D eigenvalue weighted by Gasteiger charge is 2.25. The molecule has 0 spiro atoms. The SMILES string of the molecule is CN1CCC(CNS(=O)(=O)c2cc(Cl)cc(N)c2F)C1. The first-order valence-electron chi connectivity index (χ1n) is 6.22. The van der Waals surface area contributed by atoms with Gasteiger partial charge in [-0.05, 0) is 38.1 Å². The Bertz CT molecular complexity index is 609. The second-order valence-electron chi connectivity index (χ2n) is 5.08. The average Bonchev–Trinajstić information content (AvgIpc) is 2.77. The number of benzene rings is 1. The van der Waals surface area contributed by atoms with E-state index < -0.39 is 20.7 Å². The zero-order valence-corrected chi connectivity index (χ0v) is 12.6. The molecule has 2 rings (SSSR count). The van der Waals surface area contributed by atoms with Crippen molar-refractivity contribution in [2.24, 2.45) is 5.92 Å². The number of sulfonamides is 1. The molecule has 8 heteroatoms. The Morgan fingerprint density at radius 2 is 2.25 bits per heavy atom. The van der Waals surface area contributed by atoms with Crippen molar-refractivity contribution in [3.8, 4) is 0 Å². The molecule has 0 aromatic heterocycles. The fraction of sp³-hybridized carbons (Fsp3) is 0.500. The number of nitrogens with zero attached hydrogens (tertiary/aromatic N) is 1. The topological polar surface area (TPSA) is 75.4 Å². The zero-order valence-electron chi connectivity index (χ0n) is 11.1. The van der Waals surface area contributed by atoms with Gasteiger partial charge >= 0.3 is 0 Å². The normalized spacial score (nSPS) is 20.4. The number of likely N-dealkylation sites (tertiary alicyclic amines) is 1. The Balaban J connectivity index is 2.14. The summed E-state index contributed by atoms with van der Waals surface area (Å²) in [6.07, 6.45) is 0.916. The number of nitrogens with one attached hydrogen (secondary N) is 1. The number of nitrogen functional groups attached to an aromatic ring is 1. The van der Waals surface area contributed by atoms with Crippen LogP contribution in [-0.4, -0.2) is 40.0 Å². The van der Waals surface area contributed by atoms with Crippen LogP contribution in [0, 0.1) is 11.7 Å². The molecule has 1 heterocycles. The molecule has 0 bridgehead atoms. The van der Waals surface area contributed by atoms with Crippen molar-refractivity contribution in [2.45, 2.75) is 11.3 Å². The van der Waals surface area contributed by atoms with Crippen LogP contribution < -0.4 is 10.5 Å². The van der Waals surface area contributed by atoms with Crippen molar-refractivity contribution in [3.63, 3.8) is 0 Å². The molecule has 0 aliphatic carbocycles. The van der Waals surface area contributed by atoms with Crippen LogP contribution in [0.5, 0.6) is 0 Å². The van der Waals surface area contributed by atoms with Gasteiger partial charge in [-0.2, -0.15) is 0 Å². The van der Waals surface area contributed by atoms with Crippen LogP contribution in [0.2, 0.25) is 5.02 Å². The summed E-state index contributed by atoms with van der Waals surface area (Å²) in [4.78, 5) is 1.62. The van der Waals surface area contributed by atoms with Crippen LogP contribution in [0.1, 0.15) is 6.42 Å². The first kappa shape index (κ1) is 15.5. The van der Waals surface area contributed by atoms with E-state index in [9.17, 15) is 12.8 Å². The van der Waals surface area contributed by atoms with Gasteiger partial charge in [0, 0.05) is 18.1 Å². The van der Waals surface area contributed by atoms with Gasteiger partial charge in [0.1, 0.15) is 4.90 Å². The van der Waals surface area contributed by atoms with Crippen molar-refractivity contribution in [1.29, 1.82) is 0 Å². The van der Waals surface area contributed by atoms with Gasteiger partial charge in [-0.25, -0.2) is 17.5 Å². The molecule has 1 aliphatic heterocycles. The molecule has 1 aliphatic rings. The monoisotopic (exact) mass is 321 g/mol. The fourth-order valence-corrected chi connectivity index (χ4v) is 3.82. The van der Waals surface area contributed by atoms with Gasteiger partial charge in [0.25, 0.3) is 0 Å².